The fraction of sp³-hybridized carbons (Fsp3) is 0.533. The number of hydrogen-bond donors (Lipinski definition) is 1. The van der Waals surface area contributed by atoms with E-state index in [1.165, 1.54) is 0 Å². The van der Waals surface area contributed by atoms with E-state index in [1.807, 2.05) is 12.1 Å². The highest BCUT2D eigenvalue weighted by Gasteiger charge is 2.07. The zero-order chi connectivity index (χ0) is 13.5. The topological polar surface area (TPSA) is 38.3 Å². The zero-order valence-corrected chi connectivity index (χ0v) is 11.7. The average Bonchev–Trinajstić information content (AvgIpc) is 2.29. The van der Waals surface area contributed by atoms with Gasteiger partial charge in [-0.15, -0.1) is 0 Å². The molecule has 0 heterocycles. The Balaban J connectivity index is 2.57. The summed E-state index contributed by atoms with van der Waals surface area (Å²) < 4.78 is 4.94. The van der Waals surface area contributed by atoms with Crippen molar-refractivity contribution in [3.05, 3.63) is 29.8 Å². The van der Waals surface area contributed by atoms with Gasteiger partial charge < -0.3 is 10.1 Å². The van der Waals surface area contributed by atoms with Crippen LogP contribution in [0.1, 0.15) is 44.5 Å². The first kappa shape index (κ1) is 14.6. The van der Waals surface area contributed by atoms with Crippen molar-refractivity contribution < 1.29 is 9.53 Å². The summed E-state index contributed by atoms with van der Waals surface area (Å²) in [5.74, 6) is 0.408. The Labute approximate surface area is 110 Å². The SMILES string of the molecule is CCOC(=O)c1ccc(NC(C)CC(C)C)cc1. The molecule has 0 saturated heterocycles. The molecule has 3 nitrogen and oxygen atoms in total. The van der Waals surface area contributed by atoms with Crippen LogP contribution in [0.3, 0.4) is 0 Å². The van der Waals surface area contributed by atoms with Crippen LogP contribution >= 0.6 is 0 Å². The van der Waals surface area contributed by atoms with Crippen LogP contribution in [0.5, 0.6) is 0 Å². The summed E-state index contributed by atoms with van der Waals surface area (Å²) in [6.45, 7) is 8.80. The van der Waals surface area contributed by atoms with Gasteiger partial charge in [-0.3, -0.25) is 0 Å². The van der Waals surface area contributed by atoms with Crippen LogP contribution in [-0.2, 0) is 4.74 Å². The Bertz CT molecular complexity index is 371. The van der Waals surface area contributed by atoms with Gasteiger partial charge in [0.15, 0.2) is 0 Å². The van der Waals surface area contributed by atoms with E-state index in [-0.39, 0.29) is 5.97 Å². The largest absolute Gasteiger partial charge is 0.462 e. The summed E-state index contributed by atoms with van der Waals surface area (Å²) in [7, 11) is 0. The summed E-state index contributed by atoms with van der Waals surface area (Å²) in [6.07, 6.45) is 1.12. The number of anilines is 1. The third-order valence-electron chi connectivity index (χ3n) is 2.63. The highest BCUT2D eigenvalue weighted by atomic mass is 16.5. The van der Waals surface area contributed by atoms with Crippen LogP contribution in [0.15, 0.2) is 24.3 Å². The summed E-state index contributed by atoms with van der Waals surface area (Å²) in [6, 6.07) is 7.86. The molecule has 0 saturated carbocycles. The number of benzene rings is 1. The molecule has 0 aliphatic rings. The molecule has 100 valence electrons. The standard InChI is InChI=1S/C15H23NO2/c1-5-18-15(17)13-6-8-14(9-7-13)16-12(4)10-11(2)3/h6-9,11-12,16H,5,10H2,1-4H3. The van der Waals surface area contributed by atoms with Gasteiger partial charge in [0, 0.05) is 11.7 Å². The third-order valence-corrected chi connectivity index (χ3v) is 2.63. The number of hydrogen-bond acceptors (Lipinski definition) is 3. The van der Waals surface area contributed by atoms with Gasteiger partial charge in [-0.05, 0) is 50.5 Å². The van der Waals surface area contributed by atoms with E-state index >= 15 is 0 Å². The average molecular weight is 249 g/mol. The molecule has 0 bridgehead atoms. The molecule has 0 aliphatic carbocycles. The smallest absolute Gasteiger partial charge is 0.338 e. The minimum atomic E-state index is -0.265. The maximum Gasteiger partial charge on any atom is 0.338 e. The van der Waals surface area contributed by atoms with Crippen molar-refractivity contribution in [2.24, 2.45) is 5.92 Å². The van der Waals surface area contributed by atoms with Crippen molar-refractivity contribution >= 4 is 11.7 Å². The van der Waals surface area contributed by atoms with Gasteiger partial charge in [-0.25, -0.2) is 4.79 Å². The third kappa shape index (κ3) is 4.78. The molecule has 0 fully saturated rings. The van der Waals surface area contributed by atoms with Crippen LogP contribution in [0.4, 0.5) is 5.69 Å². The van der Waals surface area contributed by atoms with Gasteiger partial charge in [0.05, 0.1) is 12.2 Å². The molecule has 0 amide bonds. The first-order valence-corrected chi connectivity index (χ1v) is 6.56. The second-order valence-electron chi connectivity index (χ2n) is 4.97. The normalized spacial score (nSPS) is 12.3. The summed E-state index contributed by atoms with van der Waals surface area (Å²) in [5.41, 5.74) is 1.63. The summed E-state index contributed by atoms with van der Waals surface area (Å²) >= 11 is 0. The van der Waals surface area contributed by atoms with E-state index in [1.54, 1.807) is 19.1 Å². The number of esters is 1. The van der Waals surface area contributed by atoms with Crippen LogP contribution in [0, 0.1) is 5.92 Å². The van der Waals surface area contributed by atoms with Gasteiger partial charge in [0.25, 0.3) is 0 Å². The van der Waals surface area contributed by atoms with Crippen LogP contribution in [0.25, 0.3) is 0 Å². The monoisotopic (exact) mass is 249 g/mol. The second kappa shape index (κ2) is 7.04. The quantitative estimate of drug-likeness (QED) is 0.781. The Kier molecular flexibility index (Phi) is 5.69. The van der Waals surface area contributed by atoms with E-state index in [0.717, 1.165) is 12.1 Å². The number of carbonyl (C=O) groups excluding carboxylic acids is 1. The molecule has 0 radical (unpaired) electrons. The molecule has 3 heteroatoms. The highest BCUT2D eigenvalue weighted by Crippen LogP contribution is 2.14. The molecule has 0 aliphatic heterocycles. The summed E-state index contributed by atoms with van der Waals surface area (Å²) in [5, 5.41) is 3.42. The van der Waals surface area contributed by atoms with Crippen LogP contribution in [0.2, 0.25) is 0 Å². The molecule has 1 unspecified atom stereocenters. The minimum absolute atomic E-state index is 0.265. The van der Waals surface area contributed by atoms with Crippen LogP contribution < -0.4 is 5.32 Å². The zero-order valence-electron chi connectivity index (χ0n) is 11.7. The van der Waals surface area contributed by atoms with E-state index in [2.05, 4.69) is 26.1 Å². The number of nitrogens with one attached hydrogen (secondary N) is 1. The molecule has 1 aromatic carbocycles. The Morgan fingerprint density at radius 3 is 2.33 bits per heavy atom. The molecule has 1 atom stereocenters. The summed E-state index contributed by atoms with van der Waals surface area (Å²) in [4.78, 5) is 11.5. The minimum Gasteiger partial charge on any atom is -0.462 e. The Hall–Kier alpha value is -1.51. The van der Waals surface area contributed by atoms with Crippen molar-refractivity contribution in [3.63, 3.8) is 0 Å². The molecule has 1 rings (SSSR count). The molecular weight excluding hydrogens is 226 g/mol. The first-order valence-electron chi connectivity index (χ1n) is 6.56. The highest BCUT2D eigenvalue weighted by molar-refractivity contribution is 5.89. The predicted molar refractivity (Wildman–Crippen MR) is 74.9 cm³/mol. The Morgan fingerprint density at radius 2 is 1.83 bits per heavy atom. The van der Waals surface area contributed by atoms with Crippen molar-refractivity contribution in [3.8, 4) is 0 Å². The fourth-order valence-corrected chi connectivity index (χ4v) is 1.97. The lowest BCUT2D eigenvalue weighted by Gasteiger charge is -2.17. The van der Waals surface area contributed by atoms with Gasteiger partial charge in [0.2, 0.25) is 0 Å². The van der Waals surface area contributed by atoms with Gasteiger partial charge in [0.1, 0.15) is 0 Å². The van der Waals surface area contributed by atoms with Crippen molar-refractivity contribution in [1.82, 2.24) is 0 Å². The van der Waals surface area contributed by atoms with E-state index in [0.29, 0.717) is 24.1 Å². The lowest BCUT2D eigenvalue weighted by Crippen LogP contribution is -2.17. The Morgan fingerprint density at radius 1 is 1.22 bits per heavy atom. The number of rotatable bonds is 6. The molecule has 1 aromatic rings. The predicted octanol–water partition coefficient (Wildman–Crippen LogP) is 3.71. The fourth-order valence-electron chi connectivity index (χ4n) is 1.97. The van der Waals surface area contributed by atoms with E-state index in [4.69, 9.17) is 4.74 Å². The molecule has 1 N–H and O–H groups in total. The van der Waals surface area contributed by atoms with Crippen molar-refractivity contribution in [2.45, 2.75) is 40.2 Å². The number of ether oxygens (including phenoxy) is 1. The molecular formula is C15H23NO2. The molecule has 0 spiro atoms. The lowest BCUT2D eigenvalue weighted by molar-refractivity contribution is 0.0526. The van der Waals surface area contributed by atoms with Gasteiger partial charge >= 0.3 is 5.97 Å². The van der Waals surface area contributed by atoms with E-state index in [9.17, 15) is 4.79 Å². The van der Waals surface area contributed by atoms with E-state index < -0.39 is 0 Å². The van der Waals surface area contributed by atoms with Gasteiger partial charge in [-0.2, -0.15) is 0 Å². The van der Waals surface area contributed by atoms with Crippen LogP contribution in [-0.4, -0.2) is 18.6 Å². The maximum atomic E-state index is 11.5. The molecule has 0 aromatic heterocycles. The molecule has 18 heavy (non-hydrogen) atoms. The lowest BCUT2D eigenvalue weighted by atomic mass is 10.0. The van der Waals surface area contributed by atoms with Gasteiger partial charge in [-0.1, -0.05) is 13.8 Å². The first-order chi connectivity index (χ1) is 8.52. The van der Waals surface area contributed by atoms with Crippen molar-refractivity contribution in [2.75, 3.05) is 11.9 Å². The van der Waals surface area contributed by atoms with Crippen molar-refractivity contribution in [1.29, 1.82) is 0 Å². The number of carbonyl (C=O) groups is 1. The second-order valence-corrected chi connectivity index (χ2v) is 4.97. The maximum absolute atomic E-state index is 11.5.